The van der Waals surface area contributed by atoms with Gasteiger partial charge in [0.2, 0.25) is 0 Å². The molecule has 0 spiro atoms. The van der Waals surface area contributed by atoms with E-state index in [0.29, 0.717) is 11.3 Å². The van der Waals surface area contributed by atoms with E-state index in [4.69, 9.17) is 0 Å². The highest BCUT2D eigenvalue weighted by Gasteiger charge is 2.50. The zero-order valence-electron chi connectivity index (χ0n) is 12.6. The minimum Gasteiger partial charge on any atom is -0.393 e. The van der Waals surface area contributed by atoms with Crippen molar-refractivity contribution in [2.24, 2.45) is 23.2 Å². The summed E-state index contributed by atoms with van der Waals surface area (Å²) in [4.78, 5) is 0. The Hall–Kier alpha value is -0.0400. The fourth-order valence-electron chi connectivity index (χ4n) is 4.68. The molecule has 0 aromatic carbocycles. The molecular formula is C17H32O. The summed E-state index contributed by atoms with van der Waals surface area (Å²) in [6.45, 7) is 7.12. The molecular weight excluding hydrogens is 220 g/mol. The third-order valence-corrected chi connectivity index (χ3v) is 5.87. The Morgan fingerprint density at radius 2 is 1.94 bits per heavy atom. The van der Waals surface area contributed by atoms with E-state index in [-0.39, 0.29) is 6.10 Å². The Labute approximate surface area is 113 Å². The lowest BCUT2D eigenvalue weighted by Gasteiger charge is -2.43. The second-order valence-corrected chi connectivity index (χ2v) is 7.52. The highest BCUT2D eigenvalue weighted by Crippen LogP contribution is 2.56. The Bertz CT molecular complexity index is 260. The molecule has 2 rings (SSSR count). The van der Waals surface area contributed by atoms with Crippen LogP contribution >= 0.6 is 0 Å². The van der Waals surface area contributed by atoms with Gasteiger partial charge in [0.1, 0.15) is 0 Å². The summed E-state index contributed by atoms with van der Waals surface area (Å²) in [7, 11) is 0. The van der Waals surface area contributed by atoms with Crippen LogP contribution in [0.2, 0.25) is 0 Å². The van der Waals surface area contributed by atoms with E-state index in [1.807, 2.05) is 0 Å². The van der Waals surface area contributed by atoms with Crippen LogP contribution in [0, 0.1) is 23.2 Å². The van der Waals surface area contributed by atoms with E-state index in [1.165, 1.54) is 51.4 Å². The molecule has 0 aliphatic heterocycles. The fraction of sp³-hybridized carbons (Fsp3) is 1.00. The number of aliphatic hydroxyl groups is 1. The Morgan fingerprint density at radius 1 is 1.17 bits per heavy atom. The van der Waals surface area contributed by atoms with E-state index in [9.17, 15) is 5.11 Å². The van der Waals surface area contributed by atoms with Crippen LogP contribution in [-0.4, -0.2) is 11.2 Å². The first kappa shape index (κ1) is 14.4. The normalized spacial score (nSPS) is 40.2. The zero-order chi connectivity index (χ0) is 13.2. The van der Waals surface area contributed by atoms with E-state index < -0.39 is 0 Å². The first-order valence-electron chi connectivity index (χ1n) is 8.22. The highest BCUT2D eigenvalue weighted by molar-refractivity contribution is 5.00. The van der Waals surface area contributed by atoms with Crippen molar-refractivity contribution < 1.29 is 5.11 Å². The van der Waals surface area contributed by atoms with Crippen molar-refractivity contribution in [2.45, 2.75) is 84.7 Å². The summed E-state index contributed by atoms with van der Waals surface area (Å²) in [6, 6.07) is 0. The van der Waals surface area contributed by atoms with Crippen molar-refractivity contribution >= 4 is 0 Å². The van der Waals surface area contributed by atoms with E-state index >= 15 is 0 Å². The van der Waals surface area contributed by atoms with Crippen molar-refractivity contribution in [3.63, 3.8) is 0 Å². The number of rotatable bonds is 5. The van der Waals surface area contributed by atoms with Gasteiger partial charge in [0.05, 0.1) is 6.10 Å². The van der Waals surface area contributed by atoms with Gasteiger partial charge in [0.25, 0.3) is 0 Å². The molecule has 1 N–H and O–H groups in total. The lowest BCUT2D eigenvalue weighted by atomic mass is 9.63. The van der Waals surface area contributed by atoms with Crippen molar-refractivity contribution in [3.8, 4) is 0 Å². The SMILES string of the molecule is CC(C)CCCC[C@H]1CC[C@H]2[C@@H](O)CCC[C@]12C. The molecule has 0 aromatic heterocycles. The van der Waals surface area contributed by atoms with Gasteiger partial charge in [-0.3, -0.25) is 0 Å². The van der Waals surface area contributed by atoms with Gasteiger partial charge in [-0.15, -0.1) is 0 Å². The third-order valence-electron chi connectivity index (χ3n) is 5.87. The van der Waals surface area contributed by atoms with Gasteiger partial charge in [-0.25, -0.2) is 0 Å². The Balaban J connectivity index is 1.83. The molecule has 18 heavy (non-hydrogen) atoms. The first-order chi connectivity index (χ1) is 8.54. The maximum atomic E-state index is 10.2. The molecule has 1 heteroatoms. The van der Waals surface area contributed by atoms with Crippen LogP contribution in [0.1, 0.15) is 78.6 Å². The van der Waals surface area contributed by atoms with Crippen LogP contribution in [0.3, 0.4) is 0 Å². The molecule has 0 aromatic rings. The predicted octanol–water partition coefficient (Wildman–Crippen LogP) is 4.78. The van der Waals surface area contributed by atoms with E-state index in [1.54, 1.807) is 0 Å². The summed E-state index contributed by atoms with van der Waals surface area (Å²) in [6.07, 6.45) is 11.9. The maximum absolute atomic E-state index is 10.2. The lowest BCUT2D eigenvalue weighted by Crippen LogP contribution is -2.39. The van der Waals surface area contributed by atoms with Crippen LogP contribution < -0.4 is 0 Å². The molecule has 0 radical (unpaired) electrons. The highest BCUT2D eigenvalue weighted by atomic mass is 16.3. The van der Waals surface area contributed by atoms with E-state index in [2.05, 4.69) is 20.8 Å². The average molecular weight is 252 g/mol. The zero-order valence-corrected chi connectivity index (χ0v) is 12.6. The van der Waals surface area contributed by atoms with Gasteiger partial charge in [0.15, 0.2) is 0 Å². The molecule has 0 saturated heterocycles. The van der Waals surface area contributed by atoms with Crippen molar-refractivity contribution in [1.82, 2.24) is 0 Å². The number of hydrogen-bond donors (Lipinski definition) is 1. The molecule has 2 aliphatic carbocycles. The largest absolute Gasteiger partial charge is 0.393 e. The maximum Gasteiger partial charge on any atom is 0.0573 e. The van der Waals surface area contributed by atoms with Crippen LogP contribution in [0.4, 0.5) is 0 Å². The molecule has 4 atom stereocenters. The monoisotopic (exact) mass is 252 g/mol. The van der Waals surface area contributed by atoms with Gasteiger partial charge < -0.3 is 5.11 Å². The molecule has 2 aliphatic rings. The summed E-state index contributed by atoms with van der Waals surface area (Å²) < 4.78 is 0. The quantitative estimate of drug-likeness (QED) is 0.698. The Morgan fingerprint density at radius 3 is 2.67 bits per heavy atom. The second-order valence-electron chi connectivity index (χ2n) is 7.52. The molecule has 2 fully saturated rings. The lowest BCUT2D eigenvalue weighted by molar-refractivity contribution is -0.0187. The predicted molar refractivity (Wildman–Crippen MR) is 77.5 cm³/mol. The van der Waals surface area contributed by atoms with Crippen molar-refractivity contribution in [3.05, 3.63) is 0 Å². The van der Waals surface area contributed by atoms with Crippen LogP contribution in [0.25, 0.3) is 0 Å². The van der Waals surface area contributed by atoms with Gasteiger partial charge in [-0.05, 0) is 55.3 Å². The van der Waals surface area contributed by atoms with Gasteiger partial charge >= 0.3 is 0 Å². The second kappa shape index (κ2) is 5.94. The minimum absolute atomic E-state index is 0.00409. The number of unbranched alkanes of at least 4 members (excludes halogenated alkanes) is 1. The number of fused-ring (bicyclic) bond motifs is 1. The van der Waals surface area contributed by atoms with Gasteiger partial charge in [0, 0.05) is 0 Å². The smallest absolute Gasteiger partial charge is 0.0573 e. The number of aliphatic hydroxyl groups excluding tert-OH is 1. The Kier molecular flexibility index (Phi) is 4.75. The molecule has 1 nitrogen and oxygen atoms in total. The first-order valence-corrected chi connectivity index (χ1v) is 8.22. The molecule has 0 unspecified atom stereocenters. The van der Waals surface area contributed by atoms with Crippen molar-refractivity contribution in [1.29, 1.82) is 0 Å². The van der Waals surface area contributed by atoms with Gasteiger partial charge in [-0.2, -0.15) is 0 Å². The summed E-state index contributed by atoms with van der Waals surface area (Å²) >= 11 is 0. The standard InChI is InChI=1S/C17H32O/c1-13(2)7-4-5-8-14-10-11-15-16(18)9-6-12-17(14,15)3/h13-16,18H,4-12H2,1-3H3/t14-,15-,16-,17+/m0/s1. The summed E-state index contributed by atoms with van der Waals surface area (Å²) in [5.41, 5.74) is 0.468. The molecule has 0 heterocycles. The number of hydrogen-bond acceptors (Lipinski definition) is 1. The third kappa shape index (κ3) is 2.92. The molecule has 106 valence electrons. The summed E-state index contributed by atoms with van der Waals surface area (Å²) in [5, 5.41) is 10.2. The van der Waals surface area contributed by atoms with Crippen LogP contribution in [0.5, 0.6) is 0 Å². The van der Waals surface area contributed by atoms with Crippen molar-refractivity contribution in [2.75, 3.05) is 0 Å². The fourth-order valence-corrected chi connectivity index (χ4v) is 4.68. The van der Waals surface area contributed by atoms with Gasteiger partial charge in [-0.1, -0.05) is 46.5 Å². The topological polar surface area (TPSA) is 20.2 Å². The van der Waals surface area contributed by atoms with E-state index in [0.717, 1.165) is 18.3 Å². The minimum atomic E-state index is 0.00409. The summed E-state index contributed by atoms with van der Waals surface area (Å²) in [5.74, 6) is 2.36. The molecule has 2 saturated carbocycles. The van der Waals surface area contributed by atoms with Crippen LogP contribution in [0.15, 0.2) is 0 Å². The average Bonchev–Trinajstić information content (AvgIpc) is 2.63. The molecule has 0 amide bonds. The van der Waals surface area contributed by atoms with Crippen LogP contribution in [-0.2, 0) is 0 Å². The molecule has 0 bridgehead atoms.